The van der Waals surface area contributed by atoms with Gasteiger partial charge in [-0.3, -0.25) is 0 Å². The summed E-state index contributed by atoms with van der Waals surface area (Å²) in [5.41, 5.74) is 1.12. The molecule has 0 amide bonds. The summed E-state index contributed by atoms with van der Waals surface area (Å²) in [5.74, 6) is 7.62. The summed E-state index contributed by atoms with van der Waals surface area (Å²) >= 11 is 0. The van der Waals surface area contributed by atoms with Gasteiger partial charge in [-0.1, -0.05) is 5.92 Å². The van der Waals surface area contributed by atoms with Gasteiger partial charge in [-0.15, -0.1) is 5.92 Å². The van der Waals surface area contributed by atoms with Gasteiger partial charge in [0.05, 0.1) is 14.2 Å². The zero-order valence-corrected chi connectivity index (χ0v) is 12.3. The summed E-state index contributed by atoms with van der Waals surface area (Å²) in [7, 11) is 3.26. The van der Waals surface area contributed by atoms with E-state index in [9.17, 15) is 0 Å². The standard InChI is InChI=1S/C16H21NO3/c1-4-5-8-20-16-14(18-2)9-12(10-15(16)19-3)11-17-13-6-7-13/h9-10,13,17H,6-8,11H2,1-3H3. The van der Waals surface area contributed by atoms with Gasteiger partial charge < -0.3 is 19.5 Å². The van der Waals surface area contributed by atoms with E-state index in [1.165, 1.54) is 12.8 Å². The van der Waals surface area contributed by atoms with Crippen LogP contribution in [0.4, 0.5) is 0 Å². The molecular weight excluding hydrogens is 254 g/mol. The van der Waals surface area contributed by atoms with Crippen LogP contribution in [-0.4, -0.2) is 26.9 Å². The van der Waals surface area contributed by atoms with Gasteiger partial charge in [-0.2, -0.15) is 0 Å². The average Bonchev–Trinajstić information content (AvgIpc) is 3.29. The Hall–Kier alpha value is -1.86. The van der Waals surface area contributed by atoms with Crippen LogP contribution in [0.5, 0.6) is 17.2 Å². The molecule has 0 saturated heterocycles. The largest absolute Gasteiger partial charge is 0.493 e. The molecule has 0 aliphatic heterocycles. The summed E-state index contributed by atoms with van der Waals surface area (Å²) in [4.78, 5) is 0. The van der Waals surface area contributed by atoms with Gasteiger partial charge in [-0.05, 0) is 37.5 Å². The van der Waals surface area contributed by atoms with Crippen LogP contribution in [-0.2, 0) is 6.54 Å². The highest BCUT2D eigenvalue weighted by atomic mass is 16.5. The molecule has 1 fully saturated rings. The molecule has 0 heterocycles. The lowest BCUT2D eigenvalue weighted by molar-refractivity contribution is 0.304. The Morgan fingerprint density at radius 1 is 1.20 bits per heavy atom. The fourth-order valence-electron chi connectivity index (χ4n) is 1.91. The Morgan fingerprint density at radius 2 is 1.85 bits per heavy atom. The van der Waals surface area contributed by atoms with Crippen molar-refractivity contribution >= 4 is 0 Å². The molecule has 1 saturated carbocycles. The molecular formula is C16H21NO3. The average molecular weight is 275 g/mol. The predicted octanol–water partition coefficient (Wildman–Crippen LogP) is 2.36. The quantitative estimate of drug-likeness (QED) is 0.775. The van der Waals surface area contributed by atoms with E-state index in [1.54, 1.807) is 21.1 Å². The topological polar surface area (TPSA) is 39.7 Å². The van der Waals surface area contributed by atoms with Crippen molar-refractivity contribution in [1.82, 2.24) is 5.32 Å². The maximum Gasteiger partial charge on any atom is 0.204 e. The van der Waals surface area contributed by atoms with E-state index in [4.69, 9.17) is 14.2 Å². The van der Waals surface area contributed by atoms with E-state index in [0.29, 0.717) is 29.9 Å². The Bertz CT molecular complexity index is 487. The van der Waals surface area contributed by atoms with Gasteiger partial charge in [0.25, 0.3) is 0 Å². The first-order valence-electron chi connectivity index (χ1n) is 6.79. The lowest BCUT2D eigenvalue weighted by Gasteiger charge is -2.15. The number of rotatable bonds is 7. The summed E-state index contributed by atoms with van der Waals surface area (Å²) < 4.78 is 16.4. The highest BCUT2D eigenvalue weighted by Gasteiger charge is 2.21. The molecule has 0 atom stereocenters. The van der Waals surface area contributed by atoms with Crippen LogP contribution in [0.25, 0.3) is 0 Å². The Labute approximate surface area is 120 Å². The molecule has 1 aromatic rings. The van der Waals surface area contributed by atoms with Gasteiger partial charge in [0.15, 0.2) is 11.5 Å². The number of hydrogen-bond acceptors (Lipinski definition) is 4. The van der Waals surface area contributed by atoms with Crippen molar-refractivity contribution in [2.24, 2.45) is 0 Å². The summed E-state index contributed by atoms with van der Waals surface area (Å²) in [6.07, 6.45) is 2.54. The van der Waals surface area contributed by atoms with Gasteiger partial charge in [0.1, 0.15) is 6.61 Å². The van der Waals surface area contributed by atoms with Gasteiger partial charge in [-0.25, -0.2) is 0 Å². The van der Waals surface area contributed by atoms with Crippen molar-refractivity contribution in [2.75, 3.05) is 20.8 Å². The van der Waals surface area contributed by atoms with Crippen LogP contribution in [0, 0.1) is 11.8 Å². The number of methoxy groups -OCH3 is 2. The zero-order valence-electron chi connectivity index (χ0n) is 12.3. The second-order valence-electron chi connectivity index (χ2n) is 4.70. The summed E-state index contributed by atoms with van der Waals surface area (Å²) in [6, 6.07) is 4.63. The maximum absolute atomic E-state index is 5.64. The van der Waals surface area contributed by atoms with Crippen LogP contribution in [0.2, 0.25) is 0 Å². The van der Waals surface area contributed by atoms with E-state index in [1.807, 2.05) is 12.1 Å². The van der Waals surface area contributed by atoms with Crippen LogP contribution in [0.15, 0.2) is 12.1 Å². The molecule has 20 heavy (non-hydrogen) atoms. The summed E-state index contributed by atoms with van der Waals surface area (Å²) in [6.45, 7) is 2.92. The molecule has 0 aromatic heterocycles. The Kier molecular flexibility index (Phi) is 5.14. The molecule has 0 spiro atoms. The maximum atomic E-state index is 5.64. The molecule has 108 valence electrons. The minimum Gasteiger partial charge on any atom is -0.493 e. The molecule has 2 rings (SSSR count). The fourth-order valence-corrected chi connectivity index (χ4v) is 1.91. The monoisotopic (exact) mass is 275 g/mol. The second-order valence-corrected chi connectivity index (χ2v) is 4.70. The molecule has 0 radical (unpaired) electrons. The fraction of sp³-hybridized carbons (Fsp3) is 0.500. The van der Waals surface area contributed by atoms with Crippen molar-refractivity contribution < 1.29 is 14.2 Å². The third-order valence-electron chi connectivity index (χ3n) is 3.16. The molecule has 1 aromatic carbocycles. The van der Waals surface area contributed by atoms with Crippen LogP contribution in [0.3, 0.4) is 0 Å². The first-order valence-corrected chi connectivity index (χ1v) is 6.79. The minimum absolute atomic E-state index is 0.322. The van der Waals surface area contributed by atoms with Crippen molar-refractivity contribution in [2.45, 2.75) is 32.4 Å². The lowest BCUT2D eigenvalue weighted by atomic mass is 10.1. The van der Waals surface area contributed by atoms with E-state index < -0.39 is 0 Å². The van der Waals surface area contributed by atoms with Gasteiger partial charge in [0, 0.05) is 12.6 Å². The third kappa shape index (κ3) is 3.82. The van der Waals surface area contributed by atoms with E-state index in [0.717, 1.165) is 12.1 Å². The number of hydrogen-bond donors (Lipinski definition) is 1. The van der Waals surface area contributed by atoms with Crippen molar-refractivity contribution in [1.29, 1.82) is 0 Å². The first kappa shape index (κ1) is 14.5. The zero-order chi connectivity index (χ0) is 14.4. The van der Waals surface area contributed by atoms with Crippen LogP contribution in [0.1, 0.15) is 25.3 Å². The SMILES string of the molecule is CC#CCOc1c(OC)cc(CNC2CC2)cc1OC. The number of nitrogens with one attached hydrogen (secondary N) is 1. The van der Waals surface area contributed by atoms with Crippen molar-refractivity contribution in [3.05, 3.63) is 17.7 Å². The van der Waals surface area contributed by atoms with Crippen LogP contribution < -0.4 is 19.5 Å². The Balaban J connectivity index is 2.16. The van der Waals surface area contributed by atoms with Crippen molar-refractivity contribution in [3.8, 4) is 29.1 Å². The first-order chi connectivity index (χ1) is 9.78. The number of benzene rings is 1. The van der Waals surface area contributed by atoms with Crippen LogP contribution >= 0.6 is 0 Å². The Morgan fingerprint density at radius 3 is 2.35 bits per heavy atom. The highest BCUT2D eigenvalue weighted by Crippen LogP contribution is 2.38. The molecule has 0 unspecified atom stereocenters. The lowest BCUT2D eigenvalue weighted by Crippen LogP contribution is -2.15. The van der Waals surface area contributed by atoms with Gasteiger partial charge >= 0.3 is 0 Å². The predicted molar refractivity (Wildman–Crippen MR) is 78.4 cm³/mol. The second kappa shape index (κ2) is 7.06. The molecule has 1 aliphatic rings. The van der Waals surface area contributed by atoms with E-state index >= 15 is 0 Å². The molecule has 4 nitrogen and oxygen atoms in total. The van der Waals surface area contributed by atoms with Crippen molar-refractivity contribution in [3.63, 3.8) is 0 Å². The molecule has 0 bridgehead atoms. The van der Waals surface area contributed by atoms with E-state index in [2.05, 4.69) is 17.2 Å². The minimum atomic E-state index is 0.322. The smallest absolute Gasteiger partial charge is 0.204 e. The van der Waals surface area contributed by atoms with E-state index in [-0.39, 0.29) is 0 Å². The number of ether oxygens (including phenoxy) is 3. The normalized spacial score (nSPS) is 13.3. The molecule has 4 heteroatoms. The summed E-state index contributed by atoms with van der Waals surface area (Å²) in [5, 5.41) is 3.47. The van der Waals surface area contributed by atoms with Gasteiger partial charge in [0.2, 0.25) is 5.75 Å². The third-order valence-corrected chi connectivity index (χ3v) is 3.16. The molecule has 1 aliphatic carbocycles. The highest BCUT2D eigenvalue weighted by molar-refractivity contribution is 5.54. The molecule has 1 N–H and O–H groups in total.